The highest BCUT2D eigenvalue weighted by atomic mass is 16.6. The lowest BCUT2D eigenvalue weighted by molar-refractivity contribution is -0.132. The van der Waals surface area contributed by atoms with Crippen molar-refractivity contribution >= 4 is 17.4 Å². The summed E-state index contributed by atoms with van der Waals surface area (Å²) in [6, 6.07) is 17.7. The van der Waals surface area contributed by atoms with E-state index in [1.807, 2.05) is 43.3 Å². The first-order valence-electron chi connectivity index (χ1n) is 9.12. The second-order valence-corrected chi connectivity index (χ2v) is 6.67. The highest BCUT2D eigenvalue weighted by molar-refractivity contribution is 6.43. The van der Waals surface area contributed by atoms with Crippen molar-refractivity contribution in [3.63, 3.8) is 0 Å². The fourth-order valence-corrected chi connectivity index (χ4v) is 3.29. The maximum absolute atomic E-state index is 12.0. The molecule has 0 N–H and O–H groups in total. The van der Waals surface area contributed by atoms with E-state index in [0.29, 0.717) is 5.56 Å². The minimum atomic E-state index is -0.574. The number of hydrogen-bond acceptors (Lipinski definition) is 6. The number of carbonyl (C=O) groups is 1. The highest BCUT2D eigenvalue weighted by Crippen LogP contribution is 2.49. The van der Waals surface area contributed by atoms with Crippen LogP contribution >= 0.6 is 0 Å². The predicted octanol–water partition coefficient (Wildman–Crippen LogP) is 3.83. The normalized spacial score (nSPS) is 15.7. The molecule has 0 saturated heterocycles. The van der Waals surface area contributed by atoms with Gasteiger partial charge in [-0.3, -0.25) is 0 Å². The number of rotatable bonds is 8. The molecule has 1 saturated carbocycles. The quantitative estimate of drug-likeness (QED) is 0.396. The van der Waals surface area contributed by atoms with Gasteiger partial charge in [0.15, 0.2) is 5.71 Å². The van der Waals surface area contributed by atoms with Crippen molar-refractivity contribution in [2.75, 3.05) is 14.2 Å². The average molecular weight is 380 g/mol. The molecule has 1 aliphatic rings. The smallest absolute Gasteiger partial charge is 0.360 e. The number of oxime groups is 2. The lowest BCUT2D eigenvalue weighted by atomic mass is 9.92. The first kappa shape index (κ1) is 19.6. The first-order chi connectivity index (χ1) is 13.6. The number of carbonyl (C=O) groups excluding carboxylic acids is 1. The van der Waals surface area contributed by atoms with Crippen molar-refractivity contribution in [3.8, 4) is 0 Å². The third-order valence-electron chi connectivity index (χ3n) is 5.02. The molecule has 28 heavy (non-hydrogen) atoms. The van der Waals surface area contributed by atoms with Gasteiger partial charge in [-0.05, 0) is 25.3 Å². The predicted molar refractivity (Wildman–Crippen MR) is 107 cm³/mol. The van der Waals surface area contributed by atoms with Crippen molar-refractivity contribution in [2.24, 2.45) is 10.3 Å². The summed E-state index contributed by atoms with van der Waals surface area (Å²) in [6.45, 7) is 2.20. The van der Waals surface area contributed by atoms with E-state index in [2.05, 4.69) is 22.4 Å². The van der Waals surface area contributed by atoms with Gasteiger partial charge in [0.05, 0.1) is 12.8 Å². The first-order valence-corrected chi connectivity index (χ1v) is 9.12. The Balaban J connectivity index is 1.76. The van der Waals surface area contributed by atoms with Crippen LogP contribution in [0.3, 0.4) is 0 Å². The van der Waals surface area contributed by atoms with E-state index >= 15 is 0 Å². The number of hydrogen-bond donors (Lipinski definition) is 0. The Hall–Kier alpha value is -3.15. The molecule has 6 nitrogen and oxygen atoms in total. The zero-order valence-electron chi connectivity index (χ0n) is 16.3. The molecule has 0 radical (unpaired) electrons. The van der Waals surface area contributed by atoms with Crippen molar-refractivity contribution < 1.29 is 19.2 Å². The van der Waals surface area contributed by atoms with Crippen LogP contribution in [0.25, 0.3) is 0 Å². The molecule has 0 aromatic heterocycles. The summed E-state index contributed by atoms with van der Waals surface area (Å²) < 4.78 is 4.80. The van der Waals surface area contributed by atoms with Gasteiger partial charge in [0.1, 0.15) is 13.7 Å². The summed E-state index contributed by atoms with van der Waals surface area (Å²) in [6.07, 6.45) is 2.14. The molecule has 0 aliphatic heterocycles. The molecule has 0 unspecified atom stereocenters. The molecular weight excluding hydrogens is 356 g/mol. The summed E-state index contributed by atoms with van der Waals surface area (Å²) in [5.74, 6) is -0.574. The lowest BCUT2D eigenvalue weighted by Crippen LogP contribution is -2.20. The lowest BCUT2D eigenvalue weighted by Gasteiger charge is -2.15. The standard InChI is InChI=1S/C22H24N2O4/c1-16(22(13-14-22)18-10-5-4-6-11-18)23-28-15-17-9-7-8-12-19(17)20(24-27-3)21(25)26-2/h4-12H,13-15H2,1-3H3/b23-16+,24-20+. The van der Waals surface area contributed by atoms with Gasteiger partial charge in [0, 0.05) is 16.5 Å². The molecule has 0 spiro atoms. The largest absolute Gasteiger partial charge is 0.464 e. The Kier molecular flexibility index (Phi) is 6.09. The van der Waals surface area contributed by atoms with Gasteiger partial charge in [0.25, 0.3) is 0 Å². The van der Waals surface area contributed by atoms with Crippen LogP contribution in [0.5, 0.6) is 0 Å². The number of methoxy groups -OCH3 is 1. The van der Waals surface area contributed by atoms with E-state index in [-0.39, 0.29) is 17.7 Å². The zero-order valence-corrected chi connectivity index (χ0v) is 16.3. The molecule has 146 valence electrons. The molecule has 1 fully saturated rings. The zero-order chi connectivity index (χ0) is 20.0. The van der Waals surface area contributed by atoms with Crippen molar-refractivity contribution in [3.05, 3.63) is 71.3 Å². The van der Waals surface area contributed by atoms with Gasteiger partial charge in [-0.25, -0.2) is 4.79 Å². The SMILES string of the molecule is CO/N=C(/C(=O)OC)c1ccccc1CO/N=C(\C)C1(c2ccccc2)CC1. The van der Waals surface area contributed by atoms with Crippen LogP contribution in [-0.4, -0.2) is 31.6 Å². The van der Waals surface area contributed by atoms with Gasteiger partial charge in [0.2, 0.25) is 0 Å². The van der Waals surface area contributed by atoms with Crippen LogP contribution in [0, 0.1) is 0 Å². The minimum absolute atomic E-state index is 0.0184. The Morgan fingerprint density at radius 2 is 1.68 bits per heavy atom. The van der Waals surface area contributed by atoms with Gasteiger partial charge < -0.3 is 14.4 Å². The second-order valence-electron chi connectivity index (χ2n) is 6.67. The van der Waals surface area contributed by atoms with Crippen molar-refractivity contribution in [2.45, 2.75) is 31.8 Å². The Labute approximate surface area is 164 Å². The minimum Gasteiger partial charge on any atom is -0.464 e. The molecular formula is C22H24N2O4. The Bertz CT molecular complexity index is 886. The van der Waals surface area contributed by atoms with Crippen LogP contribution in [-0.2, 0) is 31.2 Å². The summed E-state index contributed by atoms with van der Waals surface area (Å²) in [4.78, 5) is 22.5. The van der Waals surface area contributed by atoms with E-state index < -0.39 is 5.97 Å². The Morgan fingerprint density at radius 3 is 2.32 bits per heavy atom. The molecule has 2 aromatic carbocycles. The summed E-state index contributed by atoms with van der Waals surface area (Å²) in [7, 11) is 2.69. The third kappa shape index (κ3) is 4.06. The molecule has 0 amide bonds. The number of nitrogens with zero attached hydrogens (tertiary/aromatic N) is 2. The van der Waals surface area contributed by atoms with Gasteiger partial charge in [-0.2, -0.15) is 0 Å². The second kappa shape index (κ2) is 8.69. The monoisotopic (exact) mass is 380 g/mol. The summed E-state index contributed by atoms with van der Waals surface area (Å²) >= 11 is 0. The molecule has 0 heterocycles. The van der Waals surface area contributed by atoms with Crippen LogP contribution in [0.2, 0.25) is 0 Å². The van der Waals surface area contributed by atoms with E-state index in [0.717, 1.165) is 24.1 Å². The number of esters is 1. The highest BCUT2D eigenvalue weighted by Gasteiger charge is 2.47. The van der Waals surface area contributed by atoms with E-state index in [1.54, 1.807) is 6.07 Å². The molecule has 1 aliphatic carbocycles. The fraction of sp³-hybridized carbons (Fsp3) is 0.318. The maximum Gasteiger partial charge on any atom is 0.360 e. The Morgan fingerprint density at radius 1 is 1.00 bits per heavy atom. The number of ether oxygens (including phenoxy) is 1. The number of benzene rings is 2. The van der Waals surface area contributed by atoms with Crippen LogP contribution < -0.4 is 0 Å². The summed E-state index contributed by atoms with van der Waals surface area (Å²) in [5, 5.41) is 8.18. The third-order valence-corrected chi connectivity index (χ3v) is 5.02. The molecule has 2 aromatic rings. The topological polar surface area (TPSA) is 69.5 Å². The average Bonchev–Trinajstić information content (AvgIpc) is 3.55. The van der Waals surface area contributed by atoms with Gasteiger partial charge in [-0.1, -0.05) is 64.9 Å². The van der Waals surface area contributed by atoms with Gasteiger partial charge >= 0.3 is 5.97 Å². The van der Waals surface area contributed by atoms with E-state index in [1.165, 1.54) is 19.8 Å². The van der Waals surface area contributed by atoms with Crippen LogP contribution in [0.15, 0.2) is 64.9 Å². The molecule has 3 rings (SSSR count). The van der Waals surface area contributed by atoms with Crippen LogP contribution in [0.1, 0.15) is 36.5 Å². The van der Waals surface area contributed by atoms with Crippen molar-refractivity contribution in [1.29, 1.82) is 0 Å². The summed E-state index contributed by atoms with van der Waals surface area (Å²) in [5.41, 5.74) is 3.65. The van der Waals surface area contributed by atoms with Crippen LogP contribution in [0.4, 0.5) is 0 Å². The van der Waals surface area contributed by atoms with E-state index in [9.17, 15) is 4.79 Å². The fourth-order valence-electron chi connectivity index (χ4n) is 3.29. The van der Waals surface area contributed by atoms with Gasteiger partial charge in [-0.15, -0.1) is 0 Å². The molecule has 6 heteroatoms. The van der Waals surface area contributed by atoms with E-state index in [4.69, 9.17) is 14.4 Å². The maximum atomic E-state index is 12.0. The molecule has 0 bridgehead atoms. The van der Waals surface area contributed by atoms with Crippen molar-refractivity contribution in [1.82, 2.24) is 0 Å². The molecule has 0 atom stereocenters.